The Morgan fingerprint density at radius 1 is 1.19 bits per heavy atom. The average Bonchev–Trinajstić information content (AvgIpc) is 2.72. The summed E-state index contributed by atoms with van der Waals surface area (Å²) in [6.45, 7) is 7.70. The molecule has 0 bridgehead atoms. The molecule has 5 nitrogen and oxygen atoms in total. The van der Waals surface area contributed by atoms with Crippen molar-refractivity contribution in [3.63, 3.8) is 0 Å². The first-order valence-corrected chi connectivity index (χ1v) is 8.12. The fraction of sp³-hybridized carbons (Fsp3) is 0.938. The lowest BCUT2D eigenvalue weighted by atomic mass is 9.93. The van der Waals surface area contributed by atoms with Crippen molar-refractivity contribution in [1.82, 2.24) is 5.32 Å². The highest BCUT2D eigenvalue weighted by molar-refractivity contribution is 5.68. The van der Waals surface area contributed by atoms with Gasteiger partial charge in [-0.1, -0.05) is 0 Å². The predicted molar refractivity (Wildman–Crippen MR) is 80.1 cm³/mol. The molecule has 0 spiro atoms. The third-order valence-corrected chi connectivity index (χ3v) is 3.88. The van der Waals surface area contributed by atoms with E-state index in [1.165, 1.54) is 0 Å². The molecular formula is C16H29NO4. The summed E-state index contributed by atoms with van der Waals surface area (Å²) in [5.41, 5.74) is -0.456. The molecule has 0 radical (unpaired) electrons. The van der Waals surface area contributed by atoms with Crippen LogP contribution in [-0.4, -0.2) is 36.2 Å². The molecule has 3 unspecified atom stereocenters. The second-order valence-corrected chi connectivity index (χ2v) is 7.22. The van der Waals surface area contributed by atoms with E-state index in [-0.39, 0.29) is 24.5 Å². The van der Waals surface area contributed by atoms with Crippen molar-refractivity contribution in [2.45, 2.75) is 96.4 Å². The van der Waals surface area contributed by atoms with Gasteiger partial charge in [0.05, 0.1) is 12.2 Å². The summed E-state index contributed by atoms with van der Waals surface area (Å²) < 4.78 is 17.0. The van der Waals surface area contributed by atoms with E-state index in [4.69, 9.17) is 14.2 Å². The van der Waals surface area contributed by atoms with Gasteiger partial charge in [0.25, 0.3) is 0 Å². The first-order chi connectivity index (χ1) is 9.82. The van der Waals surface area contributed by atoms with Crippen LogP contribution in [0.1, 0.15) is 66.2 Å². The largest absolute Gasteiger partial charge is 0.444 e. The number of carbonyl (C=O) groups excluding carboxylic acids is 1. The zero-order valence-electron chi connectivity index (χ0n) is 13.7. The lowest BCUT2D eigenvalue weighted by molar-refractivity contribution is -0.166. The zero-order valence-corrected chi connectivity index (χ0v) is 13.7. The number of hydrogen-bond donors (Lipinski definition) is 1. The van der Waals surface area contributed by atoms with Crippen molar-refractivity contribution < 1.29 is 19.0 Å². The minimum Gasteiger partial charge on any atom is -0.444 e. The number of nitrogens with one attached hydrogen (secondary N) is 1. The van der Waals surface area contributed by atoms with E-state index in [9.17, 15) is 4.79 Å². The van der Waals surface area contributed by atoms with Gasteiger partial charge in [-0.15, -0.1) is 0 Å². The maximum absolute atomic E-state index is 11.8. The summed E-state index contributed by atoms with van der Waals surface area (Å²) in [7, 11) is 0. The van der Waals surface area contributed by atoms with Crippen molar-refractivity contribution in [1.29, 1.82) is 0 Å². The summed E-state index contributed by atoms with van der Waals surface area (Å²) >= 11 is 0. The third kappa shape index (κ3) is 5.83. The normalized spacial score (nSPS) is 33.7. The monoisotopic (exact) mass is 299 g/mol. The van der Waals surface area contributed by atoms with Crippen LogP contribution in [0.5, 0.6) is 0 Å². The van der Waals surface area contributed by atoms with Crippen LogP contribution in [0.3, 0.4) is 0 Å². The first-order valence-electron chi connectivity index (χ1n) is 8.12. The Hall–Kier alpha value is -0.810. The SMILES string of the molecule is CC1CCC(OC2CCC[C@H](NC(=O)OC(C)(C)C)C2)O1. The molecule has 21 heavy (non-hydrogen) atoms. The van der Waals surface area contributed by atoms with Gasteiger partial charge in [-0.2, -0.15) is 0 Å². The van der Waals surface area contributed by atoms with Crippen LogP contribution in [0, 0.1) is 0 Å². The Morgan fingerprint density at radius 2 is 1.95 bits per heavy atom. The van der Waals surface area contributed by atoms with Crippen LogP contribution < -0.4 is 5.32 Å². The van der Waals surface area contributed by atoms with Gasteiger partial charge in [0.2, 0.25) is 0 Å². The van der Waals surface area contributed by atoms with Crippen molar-refractivity contribution >= 4 is 6.09 Å². The lowest BCUT2D eigenvalue weighted by Crippen LogP contribution is -2.43. The second-order valence-electron chi connectivity index (χ2n) is 7.22. The molecule has 5 heteroatoms. The maximum atomic E-state index is 11.8. The lowest BCUT2D eigenvalue weighted by Gasteiger charge is -2.32. The number of ether oxygens (including phenoxy) is 3. The highest BCUT2D eigenvalue weighted by Crippen LogP contribution is 2.27. The Bertz CT molecular complexity index is 353. The van der Waals surface area contributed by atoms with Crippen molar-refractivity contribution in [2.24, 2.45) is 0 Å². The summed E-state index contributed by atoms with van der Waals surface area (Å²) in [5, 5.41) is 2.96. The van der Waals surface area contributed by atoms with E-state index >= 15 is 0 Å². The third-order valence-electron chi connectivity index (χ3n) is 3.88. The molecule has 1 saturated heterocycles. The molecule has 1 heterocycles. The Labute approximate surface area is 127 Å². The molecular weight excluding hydrogens is 270 g/mol. The smallest absolute Gasteiger partial charge is 0.407 e. The van der Waals surface area contributed by atoms with E-state index in [0.29, 0.717) is 6.10 Å². The highest BCUT2D eigenvalue weighted by atomic mass is 16.7. The van der Waals surface area contributed by atoms with Gasteiger partial charge < -0.3 is 19.5 Å². The average molecular weight is 299 g/mol. The molecule has 0 aromatic carbocycles. The number of alkyl carbamates (subject to hydrolysis) is 1. The van der Waals surface area contributed by atoms with Crippen LogP contribution >= 0.6 is 0 Å². The van der Waals surface area contributed by atoms with Crippen molar-refractivity contribution in [3.8, 4) is 0 Å². The van der Waals surface area contributed by atoms with Crippen LogP contribution in [0.2, 0.25) is 0 Å². The van der Waals surface area contributed by atoms with Crippen LogP contribution in [0.4, 0.5) is 4.79 Å². The Kier molecular flexibility index (Phi) is 5.49. The molecule has 0 aromatic rings. The van der Waals surface area contributed by atoms with Crippen molar-refractivity contribution in [2.75, 3.05) is 0 Å². The molecule has 2 aliphatic rings. The van der Waals surface area contributed by atoms with Crippen LogP contribution in [0.15, 0.2) is 0 Å². The summed E-state index contributed by atoms with van der Waals surface area (Å²) in [6, 6.07) is 0.137. The maximum Gasteiger partial charge on any atom is 0.407 e. The van der Waals surface area contributed by atoms with Gasteiger partial charge >= 0.3 is 6.09 Å². The molecule has 0 aromatic heterocycles. The highest BCUT2D eigenvalue weighted by Gasteiger charge is 2.30. The van der Waals surface area contributed by atoms with Crippen LogP contribution in [-0.2, 0) is 14.2 Å². The van der Waals surface area contributed by atoms with E-state index in [1.807, 2.05) is 20.8 Å². The number of hydrogen-bond acceptors (Lipinski definition) is 4. The van der Waals surface area contributed by atoms with Crippen molar-refractivity contribution in [3.05, 3.63) is 0 Å². The molecule has 122 valence electrons. The molecule has 1 N–H and O–H groups in total. The predicted octanol–water partition coefficient (Wildman–Crippen LogP) is 3.36. The van der Waals surface area contributed by atoms with E-state index in [0.717, 1.165) is 38.5 Å². The van der Waals surface area contributed by atoms with Gasteiger partial charge in [-0.05, 0) is 59.8 Å². The Balaban J connectivity index is 1.74. The van der Waals surface area contributed by atoms with Gasteiger partial charge in [-0.3, -0.25) is 0 Å². The van der Waals surface area contributed by atoms with Gasteiger partial charge in [0.1, 0.15) is 5.60 Å². The molecule has 1 aliphatic carbocycles. The van der Waals surface area contributed by atoms with Crippen LogP contribution in [0.25, 0.3) is 0 Å². The number of rotatable bonds is 3. The topological polar surface area (TPSA) is 56.8 Å². The number of carbonyl (C=O) groups is 1. The van der Waals surface area contributed by atoms with E-state index < -0.39 is 5.60 Å². The first kappa shape index (κ1) is 16.6. The minimum absolute atomic E-state index is 0.0646. The molecule has 4 atom stereocenters. The fourth-order valence-corrected chi connectivity index (χ4v) is 2.95. The fourth-order valence-electron chi connectivity index (χ4n) is 2.95. The summed E-state index contributed by atoms with van der Waals surface area (Å²) in [4.78, 5) is 11.8. The second kappa shape index (κ2) is 6.97. The molecule has 2 rings (SSSR count). The van der Waals surface area contributed by atoms with Gasteiger partial charge in [0, 0.05) is 12.5 Å². The van der Waals surface area contributed by atoms with Gasteiger partial charge in [0.15, 0.2) is 6.29 Å². The number of amides is 1. The Morgan fingerprint density at radius 3 is 2.57 bits per heavy atom. The summed E-state index contributed by atoms with van der Waals surface area (Å²) in [5.74, 6) is 0. The zero-order chi connectivity index (χ0) is 15.5. The molecule has 1 saturated carbocycles. The standard InChI is InChI=1S/C16H29NO4/c1-11-8-9-14(19-11)20-13-7-5-6-12(10-13)17-15(18)21-16(2,3)4/h11-14H,5-10H2,1-4H3,(H,17,18)/t11?,12-,13?,14?/m0/s1. The van der Waals surface area contributed by atoms with E-state index in [1.54, 1.807) is 0 Å². The summed E-state index contributed by atoms with van der Waals surface area (Å²) in [6.07, 6.45) is 6.05. The molecule has 1 amide bonds. The minimum atomic E-state index is -0.456. The molecule has 1 aliphatic heterocycles. The van der Waals surface area contributed by atoms with E-state index in [2.05, 4.69) is 12.2 Å². The quantitative estimate of drug-likeness (QED) is 0.868. The molecule has 2 fully saturated rings. The van der Waals surface area contributed by atoms with Gasteiger partial charge in [-0.25, -0.2) is 4.79 Å².